The molecule has 1 aromatic heterocycles. The highest BCUT2D eigenvalue weighted by Gasteiger charge is 2.33. The van der Waals surface area contributed by atoms with Gasteiger partial charge in [0.2, 0.25) is 0 Å². The predicted molar refractivity (Wildman–Crippen MR) is 87.3 cm³/mol. The Hall–Kier alpha value is -2.36. The Balaban J connectivity index is 0.00000105. The standard InChI is InChI=1S/C15H17NO7.C2H6O/c17-7-5-12(18)15(21)22-9-11-3-4-13(23-11)16-6-1-2-10(8-16)14(19)20;1-3-2/h1-2,6-8,11-13,18H,3-5,9H2;1-2H3/p+1. The molecule has 1 aromatic rings. The van der Waals surface area contributed by atoms with Crippen LogP contribution in [0.5, 0.6) is 0 Å². The number of ether oxygens (including phenoxy) is 3. The summed E-state index contributed by atoms with van der Waals surface area (Å²) >= 11 is 0. The Morgan fingerprint density at radius 2 is 2.12 bits per heavy atom. The smallest absolute Gasteiger partial charge is 0.341 e. The zero-order valence-corrected chi connectivity index (χ0v) is 14.7. The third kappa shape index (κ3) is 6.87. The Morgan fingerprint density at radius 3 is 2.73 bits per heavy atom. The molecule has 0 amide bonds. The van der Waals surface area contributed by atoms with Crippen LogP contribution in [0.4, 0.5) is 0 Å². The minimum atomic E-state index is -1.45. The Kier molecular flexibility index (Phi) is 9.42. The van der Waals surface area contributed by atoms with Crippen molar-refractivity contribution in [2.45, 2.75) is 37.7 Å². The van der Waals surface area contributed by atoms with Crippen molar-refractivity contribution in [2.75, 3.05) is 20.8 Å². The number of nitrogens with zero attached hydrogens (tertiary/aromatic N) is 1. The van der Waals surface area contributed by atoms with Gasteiger partial charge in [-0.3, -0.25) is 0 Å². The highest BCUT2D eigenvalue weighted by atomic mass is 16.6. The summed E-state index contributed by atoms with van der Waals surface area (Å²) in [5.41, 5.74) is 0.156. The van der Waals surface area contributed by atoms with Gasteiger partial charge in [0.15, 0.2) is 18.5 Å². The first-order valence-electron chi connectivity index (χ1n) is 8.00. The van der Waals surface area contributed by atoms with Gasteiger partial charge in [-0.15, -0.1) is 0 Å². The van der Waals surface area contributed by atoms with Gasteiger partial charge in [0.1, 0.15) is 18.5 Å². The number of aromatic nitrogens is 1. The van der Waals surface area contributed by atoms with Crippen LogP contribution in [0.25, 0.3) is 0 Å². The molecule has 9 nitrogen and oxygen atoms in total. The minimum Gasteiger partial charge on any atom is -0.477 e. The molecule has 1 aliphatic rings. The van der Waals surface area contributed by atoms with E-state index in [1.807, 2.05) is 0 Å². The molecule has 2 heterocycles. The van der Waals surface area contributed by atoms with Crippen molar-refractivity contribution in [2.24, 2.45) is 0 Å². The topological polar surface area (TPSA) is 123 Å². The van der Waals surface area contributed by atoms with Crippen LogP contribution < -0.4 is 4.57 Å². The van der Waals surface area contributed by atoms with Crippen LogP contribution in [0.15, 0.2) is 24.5 Å². The summed E-state index contributed by atoms with van der Waals surface area (Å²) in [5.74, 6) is -1.88. The third-order valence-corrected chi connectivity index (χ3v) is 3.49. The number of rotatable bonds is 7. The summed E-state index contributed by atoms with van der Waals surface area (Å²) < 4.78 is 16.5. The number of carbonyl (C=O) groups excluding carboxylic acids is 2. The number of aliphatic hydroxyl groups is 1. The first-order valence-corrected chi connectivity index (χ1v) is 8.00. The molecule has 0 spiro atoms. The maximum Gasteiger partial charge on any atom is 0.341 e. The number of aromatic carboxylic acids is 1. The molecule has 0 radical (unpaired) electrons. The van der Waals surface area contributed by atoms with Crippen molar-refractivity contribution >= 4 is 18.2 Å². The van der Waals surface area contributed by atoms with Gasteiger partial charge >= 0.3 is 11.9 Å². The molecule has 3 atom stereocenters. The van der Waals surface area contributed by atoms with Crippen LogP contribution in [0, 0.1) is 0 Å². The van der Waals surface area contributed by atoms with Crippen LogP contribution in [-0.2, 0) is 23.8 Å². The number of aldehydes is 1. The second-order valence-electron chi connectivity index (χ2n) is 5.59. The van der Waals surface area contributed by atoms with Gasteiger partial charge in [0.05, 0.1) is 6.10 Å². The fourth-order valence-corrected chi connectivity index (χ4v) is 2.29. The Labute approximate surface area is 151 Å². The molecule has 2 rings (SSSR count). The number of pyridine rings is 1. The monoisotopic (exact) mass is 370 g/mol. The highest BCUT2D eigenvalue weighted by Crippen LogP contribution is 2.24. The van der Waals surface area contributed by atoms with Crippen molar-refractivity contribution in [3.05, 3.63) is 30.1 Å². The molecule has 0 aliphatic carbocycles. The summed E-state index contributed by atoms with van der Waals surface area (Å²) in [6, 6.07) is 3.11. The number of methoxy groups -OCH3 is 1. The first kappa shape index (κ1) is 21.7. The van der Waals surface area contributed by atoms with E-state index in [1.165, 1.54) is 12.3 Å². The second kappa shape index (κ2) is 11.3. The molecule has 144 valence electrons. The minimum absolute atomic E-state index is 0.0234. The zero-order valence-electron chi connectivity index (χ0n) is 14.7. The maximum absolute atomic E-state index is 11.4. The Morgan fingerprint density at radius 1 is 1.42 bits per heavy atom. The molecule has 0 bridgehead atoms. The van der Waals surface area contributed by atoms with Crippen LogP contribution in [0.2, 0.25) is 0 Å². The molecule has 2 N–H and O–H groups in total. The number of carbonyl (C=O) groups is 3. The summed E-state index contributed by atoms with van der Waals surface area (Å²) in [6.07, 6.45) is 2.48. The van der Waals surface area contributed by atoms with Crippen LogP contribution in [0.3, 0.4) is 0 Å². The van der Waals surface area contributed by atoms with Crippen molar-refractivity contribution < 1.29 is 43.4 Å². The number of esters is 1. The number of hydrogen-bond donors (Lipinski definition) is 2. The number of aliphatic hydroxyl groups excluding tert-OH is 1. The van der Waals surface area contributed by atoms with Crippen LogP contribution in [0.1, 0.15) is 35.8 Å². The van der Waals surface area contributed by atoms with Gasteiger partial charge in [0, 0.05) is 33.1 Å². The fourth-order valence-electron chi connectivity index (χ4n) is 2.29. The molecular formula is C17H24NO8+. The summed E-state index contributed by atoms with van der Waals surface area (Å²) in [5, 5.41) is 18.3. The molecule has 0 aromatic carbocycles. The lowest BCUT2D eigenvalue weighted by molar-refractivity contribution is -0.759. The second-order valence-corrected chi connectivity index (χ2v) is 5.59. The van der Waals surface area contributed by atoms with Crippen molar-refractivity contribution in [1.29, 1.82) is 0 Å². The van der Waals surface area contributed by atoms with E-state index in [-0.39, 0.29) is 30.9 Å². The average Bonchev–Trinajstić information content (AvgIpc) is 3.09. The van der Waals surface area contributed by atoms with E-state index in [0.29, 0.717) is 19.1 Å². The van der Waals surface area contributed by atoms with Crippen LogP contribution >= 0.6 is 0 Å². The van der Waals surface area contributed by atoms with E-state index in [4.69, 9.17) is 14.6 Å². The van der Waals surface area contributed by atoms with Gasteiger partial charge in [-0.2, -0.15) is 4.57 Å². The van der Waals surface area contributed by atoms with Crippen molar-refractivity contribution in [1.82, 2.24) is 0 Å². The number of carboxylic acid groups (broad SMARTS) is 1. The molecular weight excluding hydrogens is 346 g/mol. The number of hydrogen-bond acceptors (Lipinski definition) is 7. The largest absolute Gasteiger partial charge is 0.477 e. The fraction of sp³-hybridized carbons (Fsp3) is 0.529. The summed E-state index contributed by atoms with van der Waals surface area (Å²) in [7, 11) is 3.25. The normalized spacial score (nSPS) is 19.8. The predicted octanol–water partition coefficient (Wildman–Crippen LogP) is 0.106. The van der Waals surface area contributed by atoms with Gasteiger partial charge in [-0.25, -0.2) is 9.59 Å². The highest BCUT2D eigenvalue weighted by molar-refractivity contribution is 5.86. The van der Waals surface area contributed by atoms with E-state index < -0.39 is 18.0 Å². The van der Waals surface area contributed by atoms with Gasteiger partial charge in [-0.05, 0) is 12.5 Å². The lowest BCUT2D eigenvalue weighted by Gasteiger charge is -2.13. The van der Waals surface area contributed by atoms with Crippen molar-refractivity contribution in [3.63, 3.8) is 0 Å². The maximum atomic E-state index is 11.4. The van der Waals surface area contributed by atoms with Gasteiger partial charge < -0.3 is 29.2 Å². The van der Waals surface area contributed by atoms with E-state index in [1.54, 1.807) is 31.0 Å². The lowest BCUT2D eigenvalue weighted by atomic mass is 10.2. The molecule has 26 heavy (non-hydrogen) atoms. The molecule has 3 unspecified atom stereocenters. The van der Waals surface area contributed by atoms with E-state index in [2.05, 4.69) is 4.74 Å². The number of carboxylic acids is 1. The molecule has 9 heteroatoms. The Bertz CT molecular complexity index is 606. The van der Waals surface area contributed by atoms with Gasteiger partial charge in [0.25, 0.3) is 6.23 Å². The van der Waals surface area contributed by atoms with Gasteiger partial charge in [-0.1, -0.05) is 0 Å². The van der Waals surface area contributed by atoms with Crippen LogP contribution in [-0.4, -0.2) is 61.5 Å². The molecule has 1 aliphatic heterocycles. The molecule has 1 saturated heterocycles. The van der Waals surface area contributed by atoms with E-state index in [9.17, 15) is 19.5 Å². The van der Waals surface area contributed by atoms with E-state index >= 15 is 0 Å². The SMILES string of the molecule is COC.O=CCC(O)C(=O)OCC1CCC([n+]2cccc(C(=O)O)c2)O1. The quantitative estimate of drug-likeness (QED) is 0.394. The third-order valence-electron chi connectivity index (χ3n) is 3.49. The van der Waals surface area contributed by atoms with Crippen molar-refractivity contribution in [3.8, 4) is 0 Å². The lowest BCUT2D eigenvalue weighted by Crippen LogP contribution is -2.40. The molecule has 0 saturated carbocycles. The first-order chi connectivity index (χ1) is 12.4. The van der Waals surface area contributed by atoms with E-state index in [0.717, 1.165) is 0 Å². The summed E-state index contributed by atoms with van der Waals surface area (Å²) in [6.45, 7) is -0.0234. The molecule has 1 fully saturated rings. The summed E-state index contributed by atoms with van der Waals surface area (Å²) in [4.78, 5) is 32.6. The average molecular weight is 370 g/mol. The zero-order chi connectivity index (χ0) is 19.5.